The van der Waals surface area contributed by atoms with Crippen LogP contribution in [-0.4, -0.2) is 38.5 Å². The molecule has 2 aromatic heterocycles. The highest BCUT2D eigenvalue weighted by molar-refractivity contribution is 8.00. The van der Waals surface area contributed by atoms with Crippen molar-refractivity contribution in [3.05, 3.63) is 91.4 Å². The maximum Gasteiger partial charge on any atom is 0.234 e. The van der Waals surface area contributed by atoms with E-state index in [0.29, 0.717) is 10.7 Å². The Morgan fingerprint density at radius 1 is 0.971 bits per heavy atom. The molecule has 3 aromatic carbocycles. The van der Waals surface area contributed by atoms with Crippen molar-refractivity contribution in [3.8, 4) is 22.6 Å². The van der Waals surface area contributed by atoms with E-state index in [9.17, 15) is 4.79 Å². The fraction of sp³-hybridized carbons (Fsp3) is 0.0769. The Labute approximate surface area is 200 Å². The minimum atomic E-state index is -0.109. The van der Waals surface area contributed by atoms with Crippen molar-refractivity contribution in [1.29, 1.82) is 0 Å². The van der Waals surface area contributed by atoms with Gasteiger partial charge in [-0.15, -0.1) is 0 Å². The highest BCUT2D eigenvalue weighted by atomic mass is 32.2. The van der Waals surface area contributed by atoms with E-state index in [0.717, 1.165) is 33.6 Å². The molecule has 7 nitrogen and oxygen atoms in total. The molecule has 5 aromatic rings. The molecule has 0 saturated carbocycles. The number of ether oxygens (including phenoxy) is 1. The second-order valence-corrected chi connectivity index (χ2v) is 8.38. The third-order valence-electron chi connectivity index (χ3n) is 5.27. The predicted molar refractivity (Wildman–Crippen MR) is 134 cm³/mol. The molecule has 0 aliphatic rings. The van der Waals surface area contributed by atoms with Gasteiger partial charge in [-0.2, -0.15) is 5.10 Å². The van der Waals surface area contributed by atoms with Gasteiger partial charge < -0.3 is 10.1 Å². The number of nitrogens with one attached hydrogen (secondary N) is 1. The smallest absolute Gasteiger partial charge is 0.234 e. The molecular weight excluding hydrogens is 446 g/mol. The standard InChI is InChI=1S/C26H21N5O2S/c1-33-20-13-11-19(12-14-20)31-25-22(15-29-31)26(28-17-27-25)34-16-24(32)30-23-10-6-5-9-21(23)18-7-3-2-4-8-18/h2-15,17H,16H2,1H3,(H,30,32). The summed E-state index contributed by atoms with van der Waals surface area (Å²) in [5.41, 5.74) is 4.35. The Balaban J connectivity index is 1.32. The summed E-state index contributed by atoms with van der Waals surface area (Å²) < 4.78 is 6.97. The fourth-order valence-corrected chi connectivity index (χ4v) is 4.39. The van der Waals surface area contributed by atoms with E-state index in [4.69, 9.17) is 4.74 Å². The Hall–Kier alpha value is -4.17. The molecule has 0 aliphatic carbocycles. The predicted octanol–water partition coefficient (Wildman–Crippen LogP) is 5.22. The van der Waals surface area contributed by atoms with Crippen LogP contribution in [0.3, 0.4) is 0 Å². The van der Waals surface area contributed by atoms with Gasteiger partial charge in [0.2, 0.25) is 5.91 Å². The summed E-state index contributed by atoms with van der Waals surface area (Å²) in [4.78, 5) is 21.6. The highest BCUT2D eigenvalue weighted by Crippen LogP contribution is 2.29. The first-order valence-electron chi connectivity index (χ1n) is 10.6. The number of fused-ring (bicyclic) bond motifs is 1. The van der Waals surface area contributed by atoms with Crippen molar-refractivity contribution < 1.29 is 9.53 Å². The molecule has 0 spiro atoms. The summed E-state index contributed by atoms with van der Waals surface area (Å²) in [6, 6.07) is 25.3. The van der Waals surface area contributed by atoms with Crippen LogP contribution in [0.5, 0.6) is 5.75 Å². The molecule has 0 atom stereocenters. The zero-order valence-corrected chi connectivity index (χ0v) is 19.2. The van der Waals surface area contributed by atoms with E-state index in [1.54, 1.807) is 18.0 Å². The molecule has 0 bridgehead atoms. The minimum Gasteiger partial charge on any atom is -0.497 e. The summed E-state index contributed by atoms with van der Waals surface area (Å²) in [5, 5.41) is 9.01. The summed E-state index contributed by atoms with van der Waals surface area (Å²) in [6.07, 6.45) is 3.22. The number of para-hydroxylation sites is 1. The van der Waals surface area contributed by atoms with Crippen molar-refractivity contribution in [2.75, 3.05) is 18.2 Å². The quantitative estimate of drug-likeness (QED) is 0.261. The lowest BCUT2D eigenvalue weighted by atomic mass is 10.0. The zero-order valence-electron chi connectivity index (χ0n) is 18.4. The van der Waals surface area contributed by atoms with E-state index >= 15 is 0 Å². The lowest BCUT2D eigenvalue weighted by Crippen LogP contribution is -2.14. The van der Waals surface area contributed by atoms with Crippen LogP contribution in [0.25, 0.3) is 27.8 Å². The first kappa shape index (κ1) is 21.7. The van der Waals surface area contributed by atoms with Crippen LogP contribution in [0.2, 0.25) is 0 Å². The van der Waals surface area contributed by atoms with Crippen molar-refractivity contribution in [2.45, 2.75) is 5.03 Å². The van der Waals surface area contributed by atoms with E-state index < -0.39 is 0 Å². The molecule has 2 heterocycles. The van der Waals surface area contributed by atoms with Gasteiger partial charge in [0.05, 0.1) is 30.1 Å². The summed E-state index contributed by atoms with van der Waals surface area (Å²) in [5.74, 6) is 0.872. The van der Waals surface area contributed by atoms with Gasteiger partial charge in [0, 0.05) is 11.3 Å². The maximum atomic E-state index is 12.8. The summed E-state index contributed by atoms with van der Waals surface area (Å²) >= 11 is 1.36. The Morgan fingerprint density at radius 2 is 1.74 bits per heavy atom. The number of rotatable bonds is 7. The van der Waals surface area contributed by atoms with Crippen LogP contribution in [0, 0.1) is 0 Å². The van der Waals surface area contributed by atoms with Gasteiger partial charge in [-0.05, 0) is 35.9 Å². The molecule has 1 amide bonds. The number of hydrogen-bond donors (Lipinski definition) is 1. The lowest BCUT2D eigenvalue weighted by Gasteiger charge is -2.11. The van der Waals surface area contributed by atoms with Crippen LogP contribution in [0.1, 0.15) is 0 Å². The second-order valence-electron chi connectivity index (χ2n) is 7.42. The molecular formula is C26H21N5O2S. The number of anilines is 1. The number of amides is 1. The number of carbonyl (C=O) groups is 1. The topological polar surface area (TPSA) is 81.9 Å². The number of hydrogen-bond acceptors (Lipinski definition) is 6. The molecule has 0 fully saturated rings. The lowest BCUT2D eigenvalue weighted by molar-refractivity contribution is -0.113. The number of nitrogens with zero attached hydrogens (tertiary/aromatic N) is 4. The van der Waals surface area contributed by atoms with Gasteiger partial charge in [-0.3, -0.25) is 4.79 Å². The molecule has 0 unspecified atom stereocenters. The van der Waals surface area contributed by atoms with Crippen LogP contribution >= 0.6 is 11.8 Å². The number of methoxy groups -OCH3 is 1. The van der Waals surface area contributed by atoms with Crippen molar-refractivity contribution in [3.63, 3.8) is 0 Å². The Kier molecular flexibility index (Phi) is 6.22. The highest BCUT2D eigenvalue weighted by Gasteiger charge is 2.14. The molecule has 0 aliphatic heterocycles. The van der Waals surface area contributed by atoms with Gasteiger partial charge in [-0.1, -0.05) is 60.3 Å². The maximum absolute atomic E-state index is 12.8. The average Bonchev–Trinajstić information content (AvgIpc) is 3.33. The molecule has 168 valence electrons. The first-order valence-corrected chi connectivity index (χ1v) is 11.6. The van der Waals surface area contributed by atoms with E-state index in [1.807, 2.05) is 78.9 Å². The Morgan fingerprint density at radius 3 is 2.53 bits per heavy atom. The SMILES string of the molecule is COc1ccc(-n2ncc3c(SCC(=O)Nc4ccccc4-c4ccccc4)ncnc32)cc1. The molecule has 34 heavy (non-hydrogen) atoms. The van der Waals surface area contributed by atoms with Crippen LogP contribution in [-0.2, 0) is 4.79 Å². The normalized spacial score (nSPS) is 10.9. The van der Waals surface area contributed by atoms with Crippen molar-refractivity contribution >= 4 is 34.4 Å². The monoisotopic (exact) mass is 467 g/mol. The third-order valence-corrected chi connectivity index (χ3v) is 6.28. The third kappa shape index (κ3) is 4.49. The van der Waals surface area contributed by atoms with Gasteiger partial charge >= 0.3 is 0 Å². The van der Waals surface area contributed by atoms with Crippen LogP contribution in [0.4, 0.5) is 5.69 Å². The molecule has 0 saturated heterocycles. The van der Waals surface area contributed by atoms with Crippen molar-refractivity contribution in [2.24, 2.45) is 0 Å². The van der Waals surface area contributed by atoms with Crippen LogP contribution < -0.4 is 10.1 Å². The van der Waals surface area contributed by atoms with E-state index in [1.165, 1.54) is 18.1 Å². The number of thioether (sulfide) groups is 1. The number of benzene rings is 3. The number of aromatic nitrogens is 4. The van der Waals surface area contributed by atoms with Crippen molar-refractivity contribution in [1.82, 2.24) is 19.7 Å². The molecule has 0 radical (unpaired) electrons. The van der Waals surface area contributed by atoms with Crippen LogP contribution in [0.15, 0.2) is 96.4 Å². The largest absolute Gasteiger partial charge is 0.497 e. The van der Waals surface area contributed by atoms with Gasteiger partial charge in [0.1, 0.15) is 17.1 Å². The van der Waals surface area contributed by atoms with Gasteiger partial charge in [0.25, 0.3) is 0 Å². The second kappa shape index (κ2) is 9.76. The Bertz CT molecular complexity index is 1440. The van der Waals surface area contributed by atoms with Gasteiger partial charge in [0.15, 0.2) is 5.65 Å². The first-order chi connectivity index (χ1) is 16.7. The summed E-state index contributed by atoms with van der Waals surface area (Å²) in [6.45, 7) is 0. The fourth-order valence-electron chi connectivity index (χ4n) is 3.63. The minimum absolute atomic E-state index is 0.109. The summed E-state index contributed by atoms with van der Waals surface area (Å²) in [7, 11) is 1.63. The van der Waals surface area contributed by atoms with E-state index in [-0.39, 0.29) is 11.7 Å². The molecule has 8 heteroatoms. The molecule has 1 N–H and O–H groups in total. The van der Waals surface area contributed by atoms with E-state index in [2.05, 4.69) is 20.4 Å². The van der Waals surface area contributed by atoms with Gasteiger partial charge in [-0.25, -0.2) is 14.6 Å². The zero-order chi connectivity index (χ0) is 23.3. The molecule has 5 rings (SSSR count). The number of carbonyl (C=O) groups excluding carboxylic acids is 1. The average molecular weight is 468 g/mol.